The first-order valence-electron chi connectivity index (χ1n) is 11.0. The predicted molar refractivity (Wildman–Crippen MR) is 145 cm³/mol. The predicted octanol–water partition coefficient (Wildman–Crippen LogP) is 5.85. The van der Waals surface area contributed by atoms with Gasteiger partial charge in [0.25, 0.3) is 5.91 Å². The number of hydrogen-bond donors (Lipinski definition) is 0. The topological polar surface area (TPSA) is 70.6 Å². The average Bonchev–Trinajstić information content (AvgIpc) is 3.20. The molecular weight excluding hydrogens is 513 g/mol. The van der Waals surface area contributed by atoms with E-state index in [9.17, 15) is 13.2 Å². The third kappa shape index (κ3) is 6.10. The van der Waals surface area contributed by atoms with E-state index in [4.69, 9.17) is 16.6 Å². The van der Waals surface area contributed by atoms with Gasteiger partial charge in [0.1, 0.15) is 0 Å². The molecule has 0 fully saturated rings. The van der Waals surface area contributed by atoms with Crippen LogP contribution in [0.4, 0.5) is 5.13 Å². The number of aromatic nitrogens is 1. The number of nitrogens with zero attached hydrogens (tertiary/aromatic N) is 3. The van der Waals surface area contributed by atoms with Crippen LogP contribution in [0.1, 0.15) is 43.6 Å². The van der Waals surface area contributed by atoms with Gasteiger partial charge in [0, 0.05) is 23.7 Å². The van der Waals surface area contributed by atoms with Crippen molar-refractivity contribution < 1.29 is 13.2 Å². The molecule has 1 amide bonds. The molecule has 1 heterocycles. The molecule has 3 rings (SSSR count). The second-order valence-electron chi connectivity index (χ2n) is 8.17. The molecule has 10 heteroatoms. The first-order chi connectivity index (χ1) is 15.6. The molecule has 3 aromatic rings. The fourth-order valence-corrected chi connectivity index (χ4v) is 6.04. The maximum atomic E-state index is 13.6. The van der Waals surface area contributed by atoms with Crippen LogP contribution >= 0.6 is 35.3 Å². The van der Waals surface area contributed by atoms with Crippen LogP contribution in [0.15, 0.2) is 41.3 Å². The molecule has 0 saturated heterocycles. The largest absolute Gasteiger partial charge is 0.302 e. The fourth-order valence-electron chi connectivity index (χ4n) is 3.54. The maximum Gasteiger partial charge on any atom is 0.260 e. The van der Waals surface area contributed by atoms with E-state index in [1.165, 1.54) is 23.5 Å². The van der Waals surface area contributed by atoms with Crippen molar-refractivity contribution in [2.24, 2.45) is 0 Å². The Morgan fingerprint density at radius 3 is 2.26 bits per heavy atom. The van der Waals surface area contributed by atoms with E-state index < -0.39 is 15.1 Å². The number of carbonyl (C=O) groups is 1. The summed E-state index contributed by atoms with van der Waals surface area (Å²) in [6.07, 6.45) is 0. The molecule has 34 heavy (non-hydrogen) atoms. The Morgan fingerprint density at radius 1 is 1.09 bits per heavy atom. The van der Waals surface area contributed by atoms with Crippen LogP contribution in [0.2, 0.25) is 5.02 Å². The number of aryl methyl sites for hydroxylation is 1. The number of hydrogen-bond acceptors (Lipinski definition) is 6. The lowest BCUT2D eigenvalue weighted by molar-refractivity contribution is 0.0983. The Labute approximate surface area is 217 Å². The Balaban J connectivity index is 0.00000408. The first kappa shape index (κ1) is 28.5. The molecule has 0 aliphatic carbocycles. The number of thiazole rings is 1. The smallest absolute Gasteiger partial charge is 0.260 e. The van der Waals surface area contributed by atoms with Crippen LogP contribution in [0.3, 0.4) is 0 Å². The molecule has 0 atom stereocenters. The van der Waals surface area contributed by atoms with E-state index in [-0.39, 0.29) is 23.2 Å². The highest BCUT2D eigenvalue weighted by atomic mass is 35.5. The van der Waals surface area contributed by atoms with E-state index in [2.05, 4.69) is 18.7 Å². The Morgan fingerprint density at radius 2 is 1.71 bits per heavy atom. The first-order valence-corrected chi connectivity index (χ1v) is 13.8. The van der Waals surface area contributed by atoms with Gasteiger partial charge in [-0.3, -0.25) is 9.69 Å². The lowest BCUT2D eigenvalue weighted by Crippen LogP contribution is -2.38. The standard InChI is InChI=1S/C24H30ClN3O3S2.ClH/c1-6-27(7-2)12-13-28(24-26-22-17(5)14-19(25)15-21(22)32-24)23(29)18-8-10-20(11-9-18)33(30,31)16(3)4;/h8-11,14-16H,6-7,12-13H2,1-5H3;1H. The number of rotatable bonds is 9. The van der Waals surface area contributed by atoms with Gasteiger partial charge in [-0.15, -0.1) is 12.4 Å². The van der Waals surface area contributed by atoms with Crippen molar-refractivity contribution in [2.75, 3.05) is 31.1 Å². The molecule has 0 spiro atoms. The summed E-state index contributed by atoms with van der Waals surface area (Å²) in [6, 6.07) is 9.91. The van der Waals surface area contributed by atoms with Gasteiger partial charge in [-0.25, -0.2) is 13.4 Å². The average molecular weight is 545 g/mol. The Bertz CT molecular complexity index is 1240. The summed E-state index contributed by atoms with van der Waals surface area (Å²) in [4.78, 5) is 22.5. The van der Waals surface area contributed by atoms with Gasteiger partial charge in [0.15, 0.2) is 15.0 Å². The zero-order valence-corrected chi connectivity index (χ0v) is 23.2. The van der Waals surface area contributed by atoms with Crippen LogP contribution in [0.5, 0.6) is 0 Å². The van der Waals surface area contributed by atoms with E-state index in [0.717, 1.165) is 28.9 Å². The summed E-state index contributed by atoms with van der Waals surface area (Å²) in [5.74, 6) is -0.210. The lowest BCUT2D eigenvalue weighted by atomic mass is 10.2. The summed E-state index contributed by atoms with van der Waals surface area (Å²) in [7, 11) is -3.40. The van der Waals surface area contributed by atoms with Crippen LogP contribution < -0.4 is 4.90 Å². The lowest BCUT2D eigenvalue weighted by Gasteiger charge is -2.24. The van der Waals surface area contributed by atoms with Crippen molar-refractivity contribution in [3.05, 3.63) is 52.5 Å². The van der Waals surface area contributed by atoms with Gasteiger partial charge in [-0.05, 0) is 75.8 Å². The van der Waals surface area contributed by atoms with Gasteiger partial charge in [0.05, 0.1) is 20.4 Å². The van der Waals surface area contributed by atoms with E-state index in [0.29, 0.717) is 28.8 Å². The molecule has 2 aromatic carbocycles. The zero-order valence-electron chi connectivity index (χ0n) is 20.0. The van der Waals surface area contributed by atoms with Gasteiger partial charge in [-0.1, -0.05) is 36.8 Å². The summed E-state index contributed by atoms with van der Waals surface area (Å²) < 4.78 is 25.8. The summed E-state index contributed by atoms with van der Waals surface area (Å²) in [5, 5.41) is 0.715. The second-order valence-corrected chi connectivity index (χ2v) is 12.1. The van der Waals surface area contributed by atoms with Crippen molar-refractivity contribution in [1.82, 2.24) is 9.88 Å². The van der Waals surface area contributed by atoms with Gasteiger partial charge < -0.3 is 4.90 Å². The van der Waals surface area contributed by atoms with Gasteiger partial charge in [0.2, 0.25) is 0 Å². The van der Waals surface area contributed by atoms with Crippen LogP contribution in [0, 0.1) is 6.92 Å². The third-order valence-corrected chi connectivity index (χ3v) is 9.11. The summed E-state index contributed by atoms with van der Waals surface area (Å²) in [5.41, 5.74) is 2.21. The van der Waals surface area contributed by atoms with Crippen LogP contribution in [-0.4, -0.2) is 55.6 Å². The maximum absolute atomic E-state index is 13.6. The molecule has 0 bridgehead atoms. The highest BCUT2D eigenvalue weighted by Crippen LogP contribution is 2.33. The monoisotopic (exact) mass is 543 g/mol. The molecule has 0 aliphatic rings. The molecule has 0 aliphatic heterocycles. The third-order valence-electron chi connectivity index (χ3n) is 5.70. The SMILES string of the molecule is CCN(CC)CCN(C(=O)c1ccc(S(=O)(=O)C(C)C)cc1)c1nc2c(C)cc(Cl)cc2s1.Cl. The molecule has 0 saturated carbocycles. The van der Waals surface area contributed by atoms with Crippen molar-refractivity contribution in [3.8, 4) is 0 Å². The van der Waals surface area contributed by atoms with Crippen molar-refractivity contribution in [1.29, 1.82) is 0 Å². The van der Waals surface area contributed by atoms with Crippen molar-refractivity contribution >= 4 is 66.4 Å². The van der Waals surface area contributed by atoms with Crippen LogP contribution in [0.25, 0.3) is 10.2 Å². The molecule has 1 aromatic heterocycles. The molecular formula is C24H31Cl2N3O3S2. The second kappa shape index (κ2) is 11.8. The van der Waals surface area contributed by atoms with E-state index in [1.54, 1.807) is 30.9 Å². The Kier molecular flexibility index (Phi) is 9.91. The quantitative estimate of drug-likeness (QED) is 0.338. The Hall–Kier alpha value is -1.71. The summed E-state index contributed by atoms with van der Waals surface area (Å²) >= 11 is 7.66. The van der Waals surface area contributed by atoms with E-state index >= 15 is 0 Å². The summed E-state index contributed by atoms with van der Waals surface area (Å²) in [6.45, 7) is 12.4. The van der Waals surface area contributed by atoms with Crippen molar-refractivity contribution in [3.63, 3.8) is 0 Å². The van der Waals surface area contributed by atoms with E-state index in [1.807, 2.05) is 19.1 Å². The molecule has 0 N–H and O–H groups in total. The minimum Gasteiger partial charge on any atom is -0.302 e. The van der Waals surface area contributed by atoms with Crippen LogP contribution in [-0.2, 0) is 9.84 Å². The highest BCUT2D eigenvalue weighted by Gasteiger charge is 2.24. The fraction of sp³-hybridized carbons (Fsp3) is 0.417. The minimum absolute atomic E-state index is 0. The molecule has 0 unspecified atom stereocenters. The molecule has 6 nitrogen and oxygen atoms in total. The number of carbonyl (C=O) groups excluding carboxylic acids is 1. The minimum atomic E-state index is -3.40. The number of sulfone groups is 1. The van der Waals surface area contributed by atoms with Gasteiger partial charge >= 0.3 is 0 Å². The number of likely N-dealkylation sites (N-methyl/N-ethyl adjacent to an activating group) is 1. The zero-order chi connectivity index (χ0) is 24.3. The van der Waals surface area contributed by atoms with Crippen molar-refractivity contribution in [2.45, 2.75) is 44.8 Å². The molecule has 0 radical (unpaired) electrons. The number of fused-ring (bicyclic) bond motifs is 1. The number of halogens is 2. The normalized spacial score (nSPS) is 11.8. The number of anilines is 1. The van der Waals surface area contributed by atoms with Gasteiger partial charge in [-0.2, -0.15) is 0 Å². The number of amides is 1. The molecule has 186 valence electrons. The highest BCUT2D eigenvalue weighted by molar-refractivity contribution is 7.92. The number of benzene rings is 2.